The maximum Gasteiger partial charge on any atom is 0.253 e. The minimum atomic E-state index is -1.26. The van der Waals surface area contributed by atoms with Crippen molar-refractivity contribution >= 4 is 45.0 Å². The van der Waals surface area contributed by atoms with Crippen LogP contribution in [0.3, 0.4) is 0 Å². The number of hydrogen-bond acceptors (Lipinski definition) is 6. The highest BCUT2D eigenvalue weighted by Gasteiger charge is 2.77. The molecule has 1 spiro atoms. The van der Waals surface area contributed by atoms with Crippen LogP contribution in [0, 0.1) is 11.8 Å². The van der Waals surface area contributed by atoms with Crippen LogP contribution in [-0.2, 0) is 19.1 Å². The average Bonchev–Trinajstić information content (AvgIpc) is 3.61. The van der Waals surface area contributed by atoms with Crippen LogP contribution in [0.5, 0.6) is 5.75 Å². The molecule has 3 aliphatic heterocycles. The van der Waals surface area contributed by atoms with Crippen molar-refractivity contribution in [2.24, 2.45) is 11.8 Å². The highest BCUT2D eigenvalue weighted by atomic mass is 79.9. The van der Waals surface area contributed by atoms with Crippen LogP contribution in [-0.4, -0.2) is 83.2 Å². The Kier molecular flexibility index (Phi) is 8.59. The first-order valence-electron chi connectivity index (χ1n) is 14.0. The summed E-state index contributed by atoms with van der Waals surface area (Å²) >= 11 is 3.73. The lowest BCUT2D eigenvalue weighted by atomic mass is 9.70. The second-order valence-corrected chi connectivity index (χ2v) is 12.1. The highest BCUT2D eigenvalue weighted by Crippen LogP contribution is 2.61. The molecule has 2 aromatic carbocycles. The predicted molar refractivity (Wildman–Crippen MR) is 164 cm³/mol. The Hall–Kier alpha value is -3.47. The molecule has 3 fully saturated rings. The summed E-state index contributed by atoms with van der Waals surface area (Å²) in [5.74, 6) is -2.09. The number of para-hydroxylation sites is 1. The number of alkyl halides is 1. The molecule has 7 atom stereocenters. The summed E-state index contributed by atoms with van der Waals surface area (Å²) < 4.78 is 12.0. The van der Waals surface area contributed by atoms with Crippen LogP contribution in [0.2, 0.25) is 0 Å². The number of aliphatic hydroxyl groups is 1. The molecule has 5 rings (SSSR count). The minimum Gasteiger partial charge on any atom is -0.497 e. The molecule has 3 aliphatic rings. The van der Waals surface area contributed by atoms with Crippen molar-refractivity contribution in [1.82, 2.24) is 4.90 Å². The average molecular weight is 639 g/mol. The van der Waals surface area contributed by atoms with Crippen molar-refractivity contribution in [3.63, 3.8) is 0 Å². The molecular weight excluding hydrogens is 602 g/mol. The van der Waals surface area contributed by atoms with Gasteiger partial charge in [-0.15, -0.1) is 13.2 Å². The lowest BCUT2D eigenvalue weighted by molar-refractivity contribution is -0.143. The summed E-state index contributed by atoms with van der Waals surface area (Å²) in [6.45, 7) is 9.45. The third-order valence-corrected chi connectivity index (χ3v) is 9.44. The van der Waals surface area contributed by atoms with Crippen molar-refractivity contribution in [1.29, 1.82) is 0 Å². The normalized spacial score (nSPS) is 28.2. The summed E-state index contributed by atoms with van der Waals surface area (Å²) in [5, 5.41) is 10.2. The van der Waals surface area contributed by atoms with Gasteiger partial charge in [0, 0.05) is 29.3 Å². The Balaban J connectivity index is 1.59. The largest absolute Gasteiger partial charge is 0.497 e. The fourth-order valence-electron chi connectivity index (χ4n) is 6.79. The monoisotopic (exact) mass is 637 g/mol. The van der Waals surface area contributed by atoms with E-state index in [1.54, 1.807) is 60.3 Å². The Bertz CT molecular complexity index is 1350. The molecule has 3 heterocycles. The van der Waals surface area contributed by atoms with E-state index in [2.05, 4.69) is 29.1 Å². The molecule has 0 aromatic heterocycles. The van der Waals surface area contributed by atoms with Gasteiger partial charge in [0.05, 0.1) is 37.7 Å². The van der Waals surface area contributed by atoms with E-state index in [9.17, 15) is 19.5 Å². The molecule has 3 amide bonds. The van der Waals surface area contributed by atoms with Crippen molar-refractivity contribution in [2.75, 3.05) is 36.6 Å². The van der Waals surface area contributed by atoms with Crippen LogP contribution in [0.25, 0.3) is 0 Å². The molecule has 3 saturated heterocycles. The summed E-state index contributed by atoms with van der Waals surface area (Å²) in [7, 11) is 1.57. The molecule has 2 bridgehead atoms. The standard InChI is InChI=1S/C32H36BrN3O6/c1-5-16-34(21-10-8-7-9-11-21)29(38)25-26-30(39)36(20(3)19-37)28(32(26)18-24(33)27(25)42-32)31(40)35(17-6-2)22-12-14-23(41-4)15-13-22/h5-15,20,24-28,37H,1-2,16-19H2,3-4H3/t20-,24?,25+,26+,27+,28?,32?/m1/s1. The summed E-state index contributed by atoms with van der Waals surface area (Å²) in [5.41, 5.74) is 0.0150. The van der Waals surface area contributed by atoms with E-state index >= 15 is 0 Å². The number of hydrogen-bond donors (Lipinski definition) is 1. The maximum atomic E-state index is 14.6. The molecule has 0 radical (unpaired) electrons. The van der Waals surface area contributed by atoms with Crippen LogP contribution < -0.4 is 14.5 Å². The number of rotatable bonds is 11. The zero-order valence-corrected chi connectivity index (χ0v) is 25.4. The van der Waals surface area contributed by atoms with Gasteiger partial charge < -0.3 is 29.3 Å². The van der Waals surface area contributed by atoms with Crippen LogP contribution >= 0.6 is 15.9 Å². The van der Waals surface area contributed by atoms with Crippen molar-refractivity contribution in [3.8, 4) is 5.75 Å². The van der Waals surface area contributed by atoms with Gasteiger partial charge in [-0.05, 0) is 49.7 Å². The molecule has 0 saturated carbocycles. The van der Waals surface area contributed by atoms with E-state index in [4.69, 9.17) is 9.47 Å². The number of halogens is 1. The van der Waals surface area contributed by atoms with E-state index in [-0.39, 0.29) is 42.2 Å². The highest BCUT2D eigenvalue weighted by molar-refractivity contribution is 9.09. The summed E-state index contributed by atoms with van der Waals surface area (Å²) in [4.78, 5) is 47.6. The first-order chi connectivity index (χ1) is 20.2. The Labute approximate surface area is 254 Å². The number of methoxy groups -OCH3 is 1. The second-order valence-electron chi connectivity index (χ2n) is 10.9. The zero-order chi connectivity index (χ0) is 30.2. The van der Waals surface area contributed by atoms with Gasteiger partial charge in [-0.2, -0.15) is 0 Å². The Morgan fingerprint density at radius 1 is 1.10 bits per heavy atom. The summed E-state index contributed by atoms with van der Waals surface area (Å²) in [6.07, 6.45) is 3.01. The van der Waals surface area contributed by atoms with E-state index in [0.717, 1.165) is 0 Å². The molecule has 10 heteroatoms. The minimum absolute atomic E-state index is 0.183. The van der Waals surface area contributed by atoms with E-state index in [1.807, 2.05) is 30.3 Å². The number of aliphatic hydroxyl groups excluding tert-OH is 1. The van der Waals surface area contributed by atoms with Gasteiger partial charge in [0.25, 0.3) is 5.91 Å². The molecule has 2 aromatic rings. The fraction of sp³-hybridized carbons (Fsp3) is 0.406. The van der Waals surface area contributed by atoms with E-state index in [1.165, 1.54) is 4.90 Å². The lowest BCUT2D eigenvalue weighted by Crippen LogP contribution is -2.59. The Morgan fingerprint density at radius 3 is 2.26 bits per heavy atom. The SMILES string of the molecule is C=CCN(C(=O)C1N([C@H](C)CO)C(=O)[C@@H]2[C@H](C(=O)N(CC=C)c3ccccc3)[C@H]3OC12CC3Br)c1ccc(OC)cc1. The van der Waals surface area contributed by atoms with Gasteiger partial charge in [0.15, 0.2) is 0 Å². The predicted octanol–water partition coefficient (Wildman–Crippen LogP) is 3.56. The zero-order valence-electron chi connectivity index (χ0n) is 23.8. The number of likely N-dealkylation sites (tertiary alicyclic amines) is 1. The number of nitrogens with zero attached hydrogens (tertiary/aromatic N) is 3. The topological polar surface area (TPSA) is 99.6 Å². The number of anilines is 2. The van der Waals surface area contributed by atoms with Gasteiger partial charge in [0.1, 0.15) is 17.4 Å². The number of ether oxygens (including phenoxy) is 2. The van der Waals surface area contributed by atoms with Gasteiger partial charge in [-0.1, -0.05) is 46.3 Å². The van der Waals surface area contributed by atoms with Gasteiger partial charge >= 0.3 is 0 Å². The van der Waals surface area contributed by atoms with Gasteiger partial charge in [-0.25, -0.2) is 0 Å². The van der Waals surface area contributed by atoms with E-state index < -0.39 is 35.6 Å². The maximum absolute atomic E-state index is 14.6. The third kappa shape index (κ3) is 4.75. The molecule has 9 nitrogen and oxygen atoms in total. The molecule has 42 heavy (non-hydrogen) atoms. The Morgan fingerprint density at radius 2 is 1.69 bits per heavy atom. The van der Waals surface area contributed by atoms with Crippen molar-refractivity contribution in [3.05, 3.63) is 79.9 Å². The van der Waals surface area contributed by atoms with Crippen LogP contribution in [0.4, 0.5) is 11.4 Å². The smallest absolute Gasteiger partial charge is 0.253 e. The second kappa shape index (κ2) is 12.0. The molecule has 3 unspecified atom stereocenters. The number of carbonyl (C=O) groups is 3. The number of fused-ring (bicyclic) bond motifs is 1. The number of carbonyl (C=O) groups excluding carboxylic acids is 3. The van der Waals surface area contributed by atoms with Crippen molar-refractivity contribution in [2.45, 2.75) is 42.0 Å². The van der Waals surface area contributed by atoms with Crippen molar-refractivity contribution < 1.29 is 29.0 Å². The first kappa shape index (κ1) is 30.0. The molecule has 0 aliphatic carbocycles. The third-order valence-electron chi connectivity index (χ3n) is 8.59. The fourth-order valence-corrected chi connectivity index (χ4v) is 7.74. The first-order valence-corrected chi connectivity index (χ1v) is 14.9. The molecular formula is C32H36BrN3O6. The van der Waals surface area contributed by atoms with Crippen LogP contribution in [0.15, 0.2) is 79.9 Å². The van der Waals surface area contributed by atoms with Gasteiger partial charge in [0.2, 0.25) is 11.8 Å². The summed E-state index contributed by atoms with van der Waals surface area (Å²) in [6, 6.07) is 14.5. The lowest BCUT2D eigenvalue weighted by Gasteiger charge is -2.38. The van der Waals surface area contributed by atoms with E-state index in [0.29, 0.717) is 23.5 Å². The van der Waals surface area contributed by atoms with Gasteiger partial charge in [-0.3, -0.25) is 14.4 Å². The number of benzene rings is 2. The molecule has 222 valence electrons. The quantitative estimate of drug-likeness (QED) is 0.299. The number of amides is 3. The molecule has 1 N–H and O–H groups in total. The van der Waals surface area contributed by atoms with Crippen LogP contribution in [0.1, 0.15) is 13.3 Å².